The molecule has 0 radical (unpaired) electrons. The third kappa shape index (κ3) is 3.96. The lowest BCUT2D eigenvalue weighted by atomic mass is 10.2. The van der Waals surface area contributed by atoms with Crippen LogP contribution in [0.2, 0.25) is 5.02 Å². The highest BCUT2D eigenvalue weighted by molar-refractivity contribution is 7.92. The van der Waals surface area contributed by atoms with Crippen molar-refractivity contribution < 1.29 is 13.2 Å². The second-order valence-corrected chi connectivity index (χ2v) is 7.38. The molecule has 0 aliphatic heterocycles. The number of carbonyl (C=O) groups is 1. The van der Waals surface area contributed by atoms with Crippen LogP contribution in [0.5, 0.6) is 0 Å². The second-order valence-electron chi connectivity index (χ2n) is 4.97. The summed E-state index contributed by atoms with van der Waals surface area (Å²) >= 11 is 5.79. The van der Waals surface area contributed by atoms with Crippen LogP contribution in [0.15, 0.2) is 66.1 Å². The number of carbonyl (C=O) groups excluding carboxylic acids is 1. The lowest BCUT2D eigenvalue weighted by Crippen LogP contribution is -2.27. The largest absolute Gasteiger partial charge is 0.349 e. The molecule has 0 aliphatic rings. The van der Waals surface area contributed by atoms with Crippen LogP contribution < -0.4 is 9.62 Å². The summed E-state index contributed by atoms with van der Waals surface area (Å²) in [5, 5.41) is 3.12. The first-order valence-corrected chi connectivity index (χ1v) is 8.91. The van der Waals surface area contributed by atoms with E-state index < -0.39 is 10.0 Å². The van der Waals surface area contributed by atoms with E-state index in [0.717, 1.165) is 4.31 Å². The number of halogens is 1. The van der Waals surface area contributed by atoms with Gasteiger partial charge in [0, 0.05) is 24.2 Å². The first kappa shape index (κ1) is 18.0. The monoisotopic (exact) mass is 364 g/mol. The van der Waals surface area contributed by atoms with Crippen LogP contribution in [0, 0.1) is 0 Å². The molecule has 7 heteroatoms. The summed E-state index contributed by atoms with van der Waals surface area (Å²) in [6.45, 7) is 3.90. The molecular formula is C17H17ClN2O3S. The van der Waals surface area contributed by atoms with Crippen LogP contribution >= 0.6 is 11.6 Å². The van der Waals surface area contributed by atoms with Gasteiger partial charge in [-0.3, -0.25) is 9.10 Å². The fourth-order valence-electron chi connectivity index (χ4n) is 1.99. The van der Waals surface area contributed by atoms with Crippen molar-refractivity contribution >= 4 is 33.2 Å². The molecule has 1 N–H and O–H groups in total. The fourth-order valence-corrected chi connectivity index (χ4v) is 3.31. The lowest BCUT2D eigenvalue weighted by molar-refractivity contribution is 0.0958. The Labute approximate surface area is 146 Å². The molecule has 5 nitrogen and oxygen atoms in total. The van der Waals surface area contributed by atoms with Gasteiger partial charge in [0.1, 0.15) is 0 Å². The number of nitrogens with one attached hydrogen (secondary N) is 1. The van der Waals surface area contributed by atoms with Crippen molar-refractivity contribution in [2.75, 3.05) is 17.9 Å². The minimum Gasteiger partial charge on any atom is -0.349 e. The molecule has 0 spiro atoms. The van der Waals surface area contributed by atoms with E-state index in [1.165, 1.54) is 31.3 Å². The first-order valence-electron chi connectivity index (χ1n) is 7.10. The van der Waals surface area contributed by atoms with Crippen molar-refractivity contribution in [2.24, 2.45) is 0 Å². The van der Waals surface area contributed by atoms with Gasteiger partial charge in [-0.25, -0.2) is 8.42 Å². The van der Waals surface area contributed by atoms with E-state index >= 15 is 0 Å². The number of sulfonamides is 1. The summed E-state index contributed by atoms with van der Waals surface area (Å²) in [4.78, 5) is 12.0. The molecule has 0 saturated carbocycles. The maximum atomic E-state index is 12.6. The van der Waals surface area contributed by atoms with Crippen LogP contribution in [-0.2, 0) is 10.0 Å². The highest BCUT2D eigenvalue weighted by atomic mass is 35.5. The number of nitrogens with zero attached hydrogens (tertiary/aromatic N) is 1. The van der Waals surface area contributed by atoms with Crippen LogP contribution in [0.1, 0.15) is 10.4 Å². The Bertz CT molecular complexity index is 831. The number of rotatable bonds is 6. The summed E-state index contributed by atoms with van der Waals surface area (Å²) in [5.74, 6) is -0.246. The van der Waals surface area contributed by atoms with Gasteiger partial charge in [-0.05, 0) is 48.5 Å². The molecule has 0 heterocycles. The maximum absolute atomic E-state index is 12.6. The highest BCUT2D eigenvalue weighted by Crippen LogP contribution is 2.23. The topological polar surface area (TPSA) is 66.5 Å². The molecule has 0 aliphatic carbocycles. The minimum atomic E-state index is -3.70. The number of hydrogen-bond acceptors (Lipinski definition) is 3. The SMILES string of the molecule is C=CCNC(=O)c1ccc(N(C)S(=O)(=O)c2ccc(Cl)cc2)cc1. The van der Waals surface area contributed by atoms with E-state index in [0.29, 0.717) is 22.8 Å². The molecule has 0 saturated heterocycles. The normalized spacial score (nSPS) is 10.9. The number of anilines is 1. The van der Waals surface area contributed by atoms with Gasteiger partial charge in [-0.1, -0.05) is 17.7 Å². The molecule has 24 heavy (non-hydrogen) atoms. The quantitative estimate of drug-likeness (QED) is 0.801. The Morgan fingerprint density at radius 1 is 1.17 bits per heavy atom. The van der Waals surface area contributed by atoms with Crippen molar-refractivity contribution in [3.63, 3.8) is 0 Å². The predicted octanol–water partition coefficient (Wildman–Crippen LogP) is 3.08. The van der Waals surface area contributed by atoms with E-state index in [-0.39, 0.29) is 10.8 Å². The maximum Gasteiger partial charge on any atom is 0.264 e. The third-order valence-electron chi connectivity index (χ3n) is 3.37. The van der Waals surface area contributed by atoms with Crippen molar-refractivity contribution in [3.05, 3.63) is 71.8 Å². The summed E-state index contributed by atoms with van der Waals surface area (Å²) in [5.41, 5.74) is 0.892. The van der Waals surface area contributed by atoms with Crippen molar-refractivity contribution in [2.45, 2.75) is 4.90 Å². The Kier molecular flexibility index (Phi) is 5.64. The van der Waals surface area contributed by atoms with Crippen molar-refractivity contribution in [1.29, 1.82) is 0 Å². The van der Waals surface area contributed by atoms with Gasteiger partial charge < -0.3 is 5.32 Å². The van der Waals surface area contributed by atoms with E-state index in [9.17, 15) is 13.2 Å². The van der Waals surface area contributed by atoms with Gasteiger partial charge in [0.25, 0.3) is 15.9 Å². The molecule has 0 unspecified atom stereocenters. The van der Waals surface area contributed by atoms with Crippen LogP contribution in [-0.4, -0.2) is 27.9 Å². The zero-order chi connectivity index (χ0) is 17.7. The number of amides is 1. The lowest BCUT2D eigenvalue weighted by Gasteiger charge is -2.19. The summed E-state index contributed by atoms with van der Waals surface area (Å²) in [6.07, 6.45) is 1.58. The van der Waals surface area contributed by atoms with E-state index in [4.69, 9.17) is 11.6 Å². The van der Waals surface area contributed by atoms with Gasteiger partial charge in [-0.15, -0.1) is 6.58 Å². The van der Waals surface area contributed by atoms with Gasteiger partial charge in [0.2, 0.25) is 0 Å². The van der Waals surface area contributed by atoms with Crippen LogP contribution in [0.25, 0.3) is 0 Å². The number of benzene rings is 2. The smallest absolute Gasteiger partial charge is 0.264 e. The summed E-state index contributed by atoms with van der Waals surface area (Å²) in [6, 6.07) is 12.2. The Balaban J connectivity index is 2.23. The van der Waals surface area contributed by atoms with Crippen molar-refractivity contribution in [3.8, 4) is 0 Å². The summed E-state index contributed by atoms with van der Waals surface area (Å²) < 4.78 is 26.3. The molecule has 1 amide bonds. The number of hydrogen-bond donors (Lipinski definition) is 1. The Morgan fingerprint density at radius 3 is 2.29 bits per heavy atom. The second kappa shape index (κ2) is 7.51. The Morgan fingerprint density at radius 2 is 1.75 bits per heavy atom. The fraction of sp³-hybridized carbons (Fsp3) is 0.118. The molecule has 2 aromatic carbocycles. The van der Waals surface area contributed by atoms with E-state index in [1.807, 2.05) is 0 Å². The highest BCUT2D eigenvalue weighted by Gasteiger charge is 2.21. The van der Waals surface area contributed by atoms with Gasteiger partial charge in [-0.2, -0.15) is 0 Å². The molecule has 0 fully saturated rings. The molecule has 126 valence electrons. The molecular weight excluding hydrogens is 348 g/mol. The molecule has 2 rings (SSSR count). The molecule has 0 aromatic heterocycles. The minimum absolute atomic E-state index is 0.141. The van der Waals surface area contributed by atoms with Crippen LogP contribution in [0.4, 0.5) is 5.69 Å². The molecule has 0 bridgehead atoms. The van der Waals surface area contributed by atoms with Crippen LogP contribution in [0.3, 0.4) is 0 Å². The average Bonchev–Trinajstić information content (AvgIpc) is 2.59. The molecule has 2 aromatic rings. The van der Waals surface area contributed by atoms with Gasteiger partial charge in [0.15, 0.2) is 0 Å². The average molecular weight is 365 g/mol. The first-order chi connectivity index (χ1) is 11.4. The van der Waals surface area contributed by atoms with E-state index in [1.54, 1.807) is 30.3 Å². The molecule has 0 atom stereocenters. The van der Waals surface area contributed by atoms with E-state index in [2.05, 4.69) is 11.9 Å². The zero-order valence-electron chi connectivity index (χ0n) is 13.1. The Hall–Kier alpha value is -2.31. The third-order valence-corrected chi connectivity index (χ3v) is 5.42. The standard InChI is InChI=1S/C17H17ClN2O3S/c1-3-12-19-17(21)13-4-8-15(9-5-13)20(2)24(22,23)16-10-6-14(18)7-11-16/h3-11H,1,12H2,2H3,(H,19,21). The van der Waals surface area contributed by atoms with Gasteiger partial charge in [0.05, 0.1) is 10.6 Å². The predicted molar refractivity (Wildman–Crippen MR) is 96.0 cm³/mol. The van der Waals surface area contributed by atoms with Gasteiger partial charge >= 0.3 is 0 Å². The van der Waals surface area contributed by atoms with Crippen molar-refractivity contribution in [1.82, 2.24) is 5.32 Å². The zero-order valence-corrected chi connectivity index (χ0v) is 14.6. The summed E-state index contributed by atoms with van der Waals surface area (Å²) in [7, 11) is -2.24.